The molecule has 0 amide bonds. The van der Waals surface area contributed by atoms with Gasteiger partial charge in [0.15, 0.2) is 11.5 Å². The molecule has 0 spiro atoms. The van der Waals surface area contributed by atoms with Crippen molar-refractivity contribution < 1.29 is 9.13 Å². The van der Waals surface area contributed by atoms with E-state index in [-0.39, 0.29) is 23.8 Å². The Kier molecular flexibility index (Phi) is 5.15. The highest BCUT2D eigenvalue weighted by Gasteiger charge is 2.24. The number of halogens is 2. The number of nitrogens with zero attached hydrogens (tertiary/aromatic N) is 4. The van der Waals surface area contributed by atoms with Gasteiger partial charge in [-0.05, 0) is 26.8 Å². The fraction of sp³-hybridized carbons (Fsp3) is 0.429. The molecule has 2 rings (SSSR count). The van der Waals surface area contributed by atoms with Crippen molar-refractivity contribution in [2.24, 2.45) is 0 Å². The number of alkyl halides is 1. The van der Waals surface area contributed by atoms with Gasteiger partial charge < -0.3 is 15.8 Å². The number of rotatable bonds is 6. The molecule has 124 valence electrons. The summed E-state index contributed by atoms with van der Waals surface area (Å²) < 4.78 is 19.5. The highest BCUT2D eigenvalue weighted by molar-refractivity contribution is 6.30. The first-order chi connectivity index (χ1) is 10.7. The van der Waals surface area contributed by atoms with Crippen LogP contribution in [0.1, 0.15) is 26.6 Å². The van der Waals surface area contributed by atoms with Crippen LogP contribution in [0.3, 0.4) is 0 Å². The molecule has 7 nitrogen and oxygen atoms in total. The quantitative estimate of drug-likeness (QED) is 0.833. The fourth-order valence-corrected chi connectivity index (χ4v) is 1.75. The zero-order valence-corrected chi connectivity index (χ0v) is 13.8. The molecule has 2 heterocycles. The number of ether oxygens (including phenoxy) is 1. The SMILES string of the molecule is CC(COc1ccc(Cl)cn1)Nc1nc(N)nc(C(C)(C)F)n1. The molecule has 0 aliphatic carbocycles. The predicted octanol–water partition coefficient (Wildman–Crippen LogP) is 2.59. The summed E-state index contributed by atoms with van der Waals surface area (Å²) in [6, 6.07) is 3.19. The minimum atomic E-state index is -1.71. The molecule has 0 radical (unpaired) electrons. The first-order valence-corrected chi connectivity index (χ1v) is 7.33. The Hall–Kier alpha value is -2.22. The largest absolute Gasteiger partial charge is 0.475 e. The second-order valence-corrected chi connectivity index (χ2v) is 5.92. The van der Waals surface area contributed by atoms with Gasteiger partial charge in [-0.25, -0.2) is 9.37 Å². The summed E-state index contributed by atoms with van der Waals surface area (Å²) in [5.74, 6) is 0.567. The smallest absolute Gasteiger partial charge is 0.228 e. The number of hydrogen-bond donors (Lipinski definition) is 2. The van der Waals surface area contributed by atoms with Crippen LogP contribution in [0.5, 0.6) is 5.88 Å². The van der Waals surface area contributed by atoms with E-state index in [1.807, 2.05) is 6.92 Å². The Labute approximate surface area is 138 Å². The monoisotopic (exact) mass is 340 g/mol. The van der Waals surface area contributed by atoms with Crippen LogP contribution in [-0.4, -0.2) is 32.6 Å². The van der Waals surface area contributed by atoms with E-state index in [4.69, 9.17) is 22.1 Å². The van der Waals surface area contributed by atoms with E-state index in [0.717, 1.165) is 0 Å². The Morgan fingerprint density at radius 3 is 2.70 bits per heavy atom. The Morgan fingerprint density at radius 2 is 2.09 bits per heavy atom. The predicted molar refractivity (Wildman–Crippen MR) is 86.2 cm³/mol. The Bertz CT molecular complexity index is 661. The third-order valence-electron chi connectivity index (χ3n) is 2.74. The van der Waals surface area contributed by atoms with E-state index < -0.39 is 5.67 Å². The van der Waals surface area contributed by atoms with Gasteiger partial charge in [0.1, 0.15) is 6.61 Å². The lowest BCUT2D eigenvalue weighted by atomic mass is 10.1. The molecule has 0 saturated carbocycles. The molecule has 0 aliphatic heterocycles. The van der Waals surface area contributed by atoms with E-state index >= 15 is 0 Å². The average Bonchev–Trinajstić information content (AvgIpc) is 2.45. The van der Waals surface area contributed by atoms with Crippen LogP contribution in [-0.2, 0) is 5.67 Å². The van der Waals surface area contributed by atoms with Gasteiger partial charge in [-0.1, -0.05) is 11.6 Å². The van der Waals surface area contributed by atoms with Crippen LogP contribution in [0.2, 0.25) is 5.02 Å². The number of anilines is 2. The number of nitrogen functional groups attached to an aromatic ring is 1. The summed E-state index contributed by atoms with van der Waals surface area (Å²) in [6.07, 6.45) is 1.50. The van der Waals surface area contributed by atoms with Crippen molar-refractivity contribution in [2.75, 3.05) is 17.7 Å². The molecule has 0 fully saturated rings. The third-order valence-corrected chi connectivity index (χ3v) is 2.96. The molecular formula is C14H18ClFN6O. The zero-order chi connectivity index (χ0) is 17.0. The minimum Gasteiger partial charge on any atom is -0.475 e. The maximum atomic E-state index is 13.9. The van der Waals surface area contributed by atoms with E-state index in [1.165, 1.54) is 20.0 Å². The molecule has 0 bridgehead atoms. The molecule has 1 atom stereocenters. The molecule has 0 aliphatic rings. The van der Waals surface area contributed by atoms with Gasteiger partial charge in [0.05, 0.1) is 11.1 Å². The number of aromatic nitrogens is 4. The van der Waals surface area contributed by atoms with Gasteiger partial charge in [-0.2, -0.15) is 15.0 Å². The Balaban J connectivity index is 1.98. The van der Waals surface area contributed by atoms with E-state index in [9.17, 15) is 4.39 Å². The van der Waals surface area contributed by atoms with Crippen LogP contribution in [0.25, 0.3) is 0 Å². The van der Waals surface area contributed by atoms with Gasteiger partial charge >= 0.3 is 0 Å². The first kappa shape index (κ1) is 17.1. The van der Waals surface area contributed by atoms with Gasteiger partial charge in [-0.15, -0.1) is 0 Å². The maximum Gasteiger partial charge on any atom is 0.228 e. The molecule has 2 aromatic heterocycles. The van der Waals surface area contributed by atoms with Crippen LogP contribution in [0.15, 0.2) is 18.3 Å². The summed E-state index contributed by atoms with van der Waals surface area (Å²) in [7, 11) is 0. The summed E-state index contributed by atoms with van der Waals surface area (Å²) in [4.78, 5) is 15.8. The lowest BCUT2D eigenvalue weighted by Gasteiger charge is -2.17. The number of pyridine rings is 1. The van der Waals surface area contributed by atoms with E-state index in [0.29, 0.717) is 17.5 Å². The number of hydrogen-bond acceptors (Lipinski definition) is 7. The fourth-order valence-electron chi connectivity index (χ4n) is 1.64. The molecule has 1 unspecified atom stereocenters. The van der Waals surface area contributed by atoms with Gasteiger partial charge in [0, 0.05) is 12.3 Å². The van der Waals surface area contributed by atoms with Gasteiger partial charge in [-0.3, -0.25) is 0 Å². The van der Waals surface area contributed by atoms with Crippen LogP contribution in [0.4, 0.5) is 16.3 Å². The van der Waals surface area contributed by atoms with E-state index in [2.05, 4.69) is 25.3 Å². The second kappa shape index (κ2) is 6.91. The molecular weight excluding hydrogens is 323 g/mol. The molecule has 0 saturated heterocycles. The molecule has 23 heavy (non-hydrogen) atoms. The minimum absolute atomic E-state index is 0.0278. The maximum absolute atomic E-state index is 13.9. The summed E-state index contributed by atoms with van der Waals surface area (Å²) in [5, 5.41) is 3.52. The van der Waals surface area contributed by atoms with Crippen molar-refractivity contribution in [1.82, 2.24) is 19.9 Å². The molecule has 2 aromatic rings. The summed E-state index contributed by atoms with van der Waals surface area (Å²) >= 11 is 5.75. The average molecular weight is 341 g/mol. The van der Waals surface area contributed by atoms with Crippen molar-refractivity contribution in [3.8, 4) is 5.88 Å². The highest BCUT2D eigenvalue weighted by Crippen LogP contribution is 2.22. The normalized spacial score (nSPS) is 12.7. The molecule has 3 N–H and O–H groups in total. The van der Waals surface area contributed by atoms with Crippen LogP contribution < -0.4 is 15.8 Å². The number of nitrogens with one attached hydrogen (secondary N) is 1. The standard InChI is InChI=1S/C14H18ClFN6O/c1-8(7-23-10-5-4-9(15)6-18-10)19-13-21-11(14(2,3)16)20-12(17)22-13/h4-6,8H,7H2,1-3H3,(H3,17,19,20,21,22). The van der Waals surface area contributed by atoms with Crippen molar-refractivity contribution in [2.45, 2.75) is 32.5 Å². The summed E-state index contributed by atoms with van der Waals surface area (Å²) in [5.41, 5.74) is 3.88. The van der Waals surface area contributed by atoms with Gasteiger partial charge in [0.2, 0.25) is 17.8 Å². The van der Waals surface area contributed by atoms with Crippen LogP contribution in [0, 0.1) is 0 Å². The summed E-state index contributed by atoms with van der Waals surface area (Å²) in [6.45, 7) is 4.86. The lowest BCUT2D eigenvalue weighted by Crippen LogP contribution is -2.26. The van der Waals surface area contributed by atoms with Crippen molar-refractivity contribution in [1.29, 1.82) is 0 Å². The van der Waals surface area contributed by atoms with Gasteiger partial charge in [0.25, 0.3) is 0 Å². The third kappa shape index (κ3) is 5.17. The second-order valence-electron chi connectivity index (χ2n) is 5.48. The van der Waals surface area contributed by atoms with Crippen molar-refractivity contribution in [3.05, 3.63) is 29.2 Å². The zero-order valence-electron chi connectivity index (χ0n) is 13.0. The van der Waals surface area contributed by atoms with E-state index in [1.54, 1.807) is 12.1 Å². The lowest BCUT2D eigenvalue weighted by molar-refractivity contribution is 0.206. The van der Waals surface area contributed by atoms with Crippen molar-refractivity contribution >= 4 is 23.5 Å². The van der Waals surface area contributed by atoms with Crippen LogP contribution >= 0.6 is 11.6 Å². The number of nitrogens with two attached hydrogens (primary N) is 1. The first-order valence-electron chi connectivity index (χ1n) is 6.96. The van der Waals surface area contributed by atoms with Crippen molar-refractivity contribution in [3.63, 3.8) is 0 Å². The molecule has 0 aromatic carbocycles. The highest BCUT2D eigenvalue weighted by atomic mass is 35.5. The Morgan fingerprint density at radius 1 is 1.35 bits per heavy atom. The molecule has 9 heteroatoms. The topological polar surface area (TPSA) is 98.8 Å².